The molecule has 1 fully saturated rings. The third kappa shape index (κ3) is 5.97. The second-order valence-corrected chi connectivity index (χ2v) is 9.42. The van der Waals surface area contributed by atoms with Crippen molar-refractivity contribution in [1.82, 2.24) is 15.3 Å². The number of nitrogens with one attached hydrogen (secondary N) is 3. The number of amides is 2. The molecule has 0 unspecified atom stereocenters. The Labute approximate surface area is 203 Å². The SMILES string of the molecule is CN(C)c1nc(N[C@H]2CC[C@@H](CNC(=O)Nc3ccc(Cl)c(Cl)c3)CC2)nc2ccccc12. The predicted molar refractivity (Wildman–Crippen MR) is 137 cm³/mol. The number of carbonyl (C=O) groups excluding carboxylic acids is 1. The molecule has 1 heterocycles. The number of carbonyl (C=O) groups is 1. The number of hydrogen-bond acceptors (Lipinski definition) is 5. The van der Waals surface area contributed by atoms with Crippen LogP contribution in [0.15, 0.2) is 42.5 Å². The number of anilines is 3. The van der Waals surface area contributed by atoms with Gasteiger partial charge in [0.25, 0.3) is 0 Å². The van der Waals surface area contributed by atoms with Gasteiger partial charge in [0, 0.05) is 37.8 Å². The van der Waals surface area contributed by atoms with Crippen LogP contribution < -0.4 is 20.9 Å². The number of aromatic nitrogens is 2. The minimum atomic E-state index is -0.241. The lowest BCUT2D eigenvalue weighted by molar-refractivity contribution is 0.246. The first-order valence-corrected chi connectivity index (χ1v) is 11.8. The van der Waals surface area contributed by atoms with Crippen molar-refractivity contribution in [3.05, 3.63) is 52.5 Å². The average molecular weight is 487 g/mol. The van der Waals surface area contributed by atoms with Crippen LogP contribution >= 0.6 is 23.2 Å². The van der Waals surface area contributed by atoms with Crippen molar-refractivity contribution in [2.45, 2.75) is 31.7 Å². The van der Waals surface area contributed by atoms with Crippen molar-refractivity contribution in [3.8, 4) is 0 Å². The van der Waals surface area contributed by atoms with Gasteiger partial charge in [0.1, 0.15) is 5.82 Å². The number of halogens is 2. The van der Waals surface area contributed by atoms with Crippen LogP contribution in [0.4, 0.5) is 22.2 Å². The first-order valence-electron chi connectivity index (χ1n) is 11.1. The van der Waals surface area contributed by atoms with Crippen molar-refractivity contribution in [2.24, 2.45) is 5.92 Å². The molecule has 0 bridgehead atoms. The van der Waals surface area contributed by atoms with E-state index < -0.39 is 0 Å². The summed E-state index contributed by atoms with van der Waals surface area (Å²) in [4.78, 5) is 23.7. The minimum Gasteiger partial charge on any atom is -0.362 e. The van der Waals surface area contributed by atoms with Crippen LogP contribution in [0.2, 0.25) is 10.0 Å². The quantitative estimate of drug-likeness (QED) is 0.410. The largest absolute Gasteiger partial charge is 0.362 e. The summed E-state index contributed by atoms with van der Waals surface area (Å²) in [6.07, 6.45) is 4.07. The Morgan fingerprint density at radius 1 is 1.03 bits per heavy atom. The highest BCUT2D eigenvalue weighted by Gasteiger charge is 2.22. The molecule has 1 aliphatic rings. The van der Waals surface area contributed by atoms with Gasteiger partial charge in [0.2, 0.25) is 5.95 Å². The Morgan fingerprint density at radius 2 is 1.79 bits per heavy atom. The average Bonchev–Trinajstić information content (AvgIpc) is 2.80. The molecule has 3 aromatic rings. The molecule has 0 saturated heterocycles. The monoisotopic (exact) mass is 486 g/mol. The molecular formula is C24H28Cl2N6O. The van der Waals surface area contributed by atoms with E-state index in [2.05, 4.69) is 16.0 Å². The smallest absolute Gasteiger partial charge is 0.319 e. The van der Waals surface area contributed by atoms with Crippen LogP contribution in [0, 0.1) is 5.92 Å². The number of hydrogen-bond donors (Lipinski definition) is 3. The highest BCUT2D eigenvalue weighted by Crippen LogP contribution is 2.28. The molecule has 1 aromatic heterocycles. The number of urea groups is 1. The Bertz CT molecular complexity index is 1130. The van der Waals surface area contributed by atoms with Crippen molar-refractivity contribution in [2.75, 3.05) is 36.2 Å². The maximum Gasteiger partial charge on any atom is 0.319 e. The van der Waals surface area contributed by atoms with Crippen molar-refractivity contribution < 1.29 is 4.79 Å². The Hall–Kier alpha value is -2.77. The van der Waals surface area contributed by atoms with Gasteiger partial charge in [-0.3, -0.25) is 0 Å². The highest BCUT2D eigenvalue weighted by atomic mass is 35.5. The van der Waals surface area contributed by atoms with Crippen LogP contribution in [-0.2, 0) is 0 Å². The lowest BCUT2D eigenvalue weighted by Gasteiger charge is -2.29. The van der Waals surface area contributed by atoms with Crippen molar-refractivity contribution in [1.29, 1.82) is 0 Å². The van der Waals surface area contributed by atoms with Crippen LogP contribution in [0.3, 0.4) is 0 Å². The third-order valence-electron chi connectivity index (χ3n) is 5.92. The van der Waals surface area contributed by atoms with E-state index in [0.717, 1.165) is 42.4 Å². The first kappa shape index (κ1) is 23.4. The fourth-order valence-electron chi connectivity index (χ4n) is 4.14. The molecule has 2 aromatic carbocycles. The van der Waals surface area contributed by atoms with Gasteiger partial charge < -0.3 is 20.9 Å². The lowest BCUT2D eigenvalue weighted by atomic mass is 9.86. The molecule has 0 atom stereocenters. The summed E-state index contributed by atoms with van der Waals surface area (Å²) in [6.45, 7) is 0.636. The molecule has 7 nitrogen and oxygen atoms in total. The van der Waals surface area contributed by atoms with E-state index in [1.54, 1.807) is 18.2 Å². The molecule has 1 saturated carbocycles. The van der Waals surface area contributed by atoms with E-state index >= 15 is 0 Å². The topological polar surface area (TPSA) is 82.2 Å². The molecular weight excluding hydrogens is 459 g/mol. The Morgan fingerprint density at radius 3 is 2.52 bits per heavy atom. The Kier molecular flexibility index (Phi) is 7.40. The zero-order chi connectivity index (χ0) is 23.4. The third-order valence-corrected chi connectivity index (χ3v) is 6.65. The van der Waals surface area contributed by atoms with Crippen molar-refractivity contribution >= 4 is 57.6 Å². The lowest BCUT2D eigenvalue weighted by Crippen LogP contribution is -2.36. The zero-order valence-corrected chi connectivity index (χ0v) is 20.2. The van der Waals surface area contributed by atoms with Crippen LogP contribution in [-0.4, -0.2) is 42.7 Å². The molecule has 33 heavy (non-hydrogen) atoms. The number of benzene rings is 2. The van der Waals surface area contributed by atoms with E-state index in [0.29, 0.717) is 40.2 Å². The number of fused-ring (bicyclic) bond motifs is 1. The van der Waals surface area contributed by atoms with Crippen LogP contribution in [0.5, 0.6) is 0 Å². The van der Waals surface area contributed by atoms with Gasteiger partial charge in [0.15, 0.2) is 0 Å². The minimum absolute atomic E-state index is 0.241. The van der Waals surface area contributed by atoms with Crippen LogP contribution in [0.1, 0.15) is 25.7 Å². The second-order valence-electron chi connectivity index (χ2n) is 8.61. The molecule has 1 aliphatic carbocycles. The first-order chi connectivity index (χ1) is 15.9. The van der Waals surface area contributed by atoms with E-state index in [-0.39, 0.29) is 6.03 Å². The molecule has 0 spiro atoms. The van der Waals surface area contributed by atoms with E-state index in [4.69, 9.17) is 33.2 Å². The molecule has 0 radical (unpaired) electrons. The Balaban J connectivity index is 1.27. The number of para-hydroxylation sites is 1. The molecule has 3 N–H and O–H groups in total. The molecule has 2 amide bonds. The maximum atomic E-state index is 12.2. The number of rotatable bonds is 6. The summed E-state index contributed by atoms with van der Waals surface area (Å²) in [5.74, 6) is 2.02. The van der Waals surface area contributed by atoms with Gasteiger partial charge >= 0.3 is 6.03 Å². The van der Waals surface area contributed by atoms with Gasteiger partial charge in [-0.05, 0) is 61.9 Å². The summed E-state index contributed by atoms with van der Waals surface area (Å²) in [6, 6.07) is 13.2. The van der Waals surface area contributed by atoms with Gasteiger partial charge in [-0.25, -0.2) is 9.78 Å². The molecule has 4 rings (SSSR count). The summed E-state index contributed by atoms with van der Waals surface area (Å²) in [7, 11) is 3.99. The second kappa shape index (κ2) is 10.4. The van der Waals surface area contributed by atoms with Crippen molar-refractivity contribution in [3.63, 3.8) is 0 Å². The maximum absolute atomic E-state index is 12.2. The van der Waals surface area contributed by atoms with Crippen LogP contribution in [0.25, 0.3) is 10.9 Å². The number of nitrogens with zero attached hydrogens (tertiary/aromatic N) is 3. The summed E-state index contributed by atoms with van der Waals surface area (Å²) in [5, 5.41) is 11.2. The fraction of sp³-hybridized carbons (Fsp3) is 0.375. The summed E-state index contributed by atoms with van der Waals surface area (Å²) >= 11 is 11.9. The van der Waals surface area contributed by atoms with Gasteiger partial charge in [-0.1, -0.05) is 35.3 Å². The molecule has 174 valence electrons. The summed E-state index contributed by atoms with van der Waals surface area (Å²) in [5.41, 5.74) is 1.55. The molecule has 0 aliphatic heterocycles. The summed E-state index contributed by atoms with van der Waals surface area (Å²) < 4.78 is 0. The van der Waals surface area contributed by atoms with E-state index in [9.17, 15) is 4.79 Å². The highest BCUT2D eigenvalue weighted by molar-refractivity contribution is 6.42. The van der Waals surface area contributed by atoms with E-state index in [1.165, 1.54) is 0 Å². The predicted octanol–water partition coefficient (Wildman–Crippen LogP) is 5.80. The van der Waals surface area contributed by atoms with Gasteiger partial charge in [-0.2, -0.15) is 4.98 Å². The van der Waals surface area contributed by atoms with Gasteiger partial charge in [-0.15, -0.1) is 0 Å². The van der Waals surface area contributed by atoms with E-state index in [1.807, 2.05) is 43.3 Å². The van der Waals surface area contributed by atoms with Gasteiger partial charge in [0.05, 0.1) is 15.6 Å². The molecule has 9 heteroatoms. The normalized spacial score (nSPS) is 18.1. The zero-order valence-electron chi connectivity index (χ0n) is 18.7. The fourth-order valence-corrected chi connectivity index (χ4v) is 4.44. The standard InChI is InChI=1S/C24H28Cl2N6O/c1-32(2)22-18-5-3-4-6-21(18)30-23(31-22)28-16-9-7-15(8-10-16)14-27-24(33)29-17-11-12-19(25)20(26)13-17/h3-6,11-13,15-16H,7-10,14H2,1-2H3,(H2,27,29,33)(H,28,30,31)/t15-,16+.